The highest BCUT2D eigenvalue weighted by Gasteiger charge is 2.49. The van der Waals surface area contributed by atoms with Crippen molar-refractivity contribution in [1.29, 1.82) is 0 Å². The van der Waals surface area contributed by atoms with Crippen molar-refractivity contribution in [1.82, 2.24) is 0 Å². The van der Waals surface area contributed by atoms with Crippen molar-refractivity contribution in [3.05, 3.63) is 11.6 Å². The number of allylic oxidation sites excluding steroid dienone is 1. The van der Waals surface area contributed by atoms with Gasteiger partial charge in [0.1, 0.15) is 11.9 Å². The Kier molecular flexibility index (Phi) is 2.93. The fourth-order valence-corrected chi connectivity index (χ4v) is 2.89. The van der Waals surface area contributed by atoms with Gasteiger partial charge in [-0.2, -0.15) is 0 Å². The summed E-state index contributed by atoms with van der Waals surface area (Å²) in [5, 5.41) is 0. The molecule has 1 heterocycles. The molecule has 0 N–H and O–H groups in total. The zero-order valence-electron chi connectivity index (χ0n) is 10.4. The Morgan fingerprint density at radius 2 is 2.19 bits per heavy atom. The number of ketones is 1. The lowest BCUT2D eigenvalue weighted by atomic mass is 9.96. The van der Waals surface area contributed by atoms with E-state index < -0.39 is 5.79 Å². The second-order valence-electron chi connectivity index (χ2n) is 5.22. The van der Waals surface area contributed by atoms with E-state index in [4.69, 9.17) is 9.47 Å². The Balaban J connectivity index is 2.13. The minimum Gasteiger partial charge on any atom is -0.344 e. The van der Waals surface area contributed by atoms with Crippen molar-refractivity contribution in [3.63, 3.8) is 0 Å². The van der Waals surface area contributed by atoms with Crippen molar-refractivity contribution in [2.24, 2.45) is 5.92 Å². The monoisotopic (exact) mass is 224 g/mol. The molecule has 0 amide bonds. The maximum Gasteiger partial charge on any atom is 0.164 e. The van der Waals surface area contributed by atoms with Crippen LogP contribution in [0.4, 0.5) is 0 Å². The topological polar surface area (TPSA) is 35.5 Å². The Hall–Kier alpha value is -0.670. The summed E-state index contributed by atoms with van der Waals surface area (Å²) in [7, 11) is 0. The highest BCUT2D eigenvalue weighted by Crippen LogP contribution is 2.45. The van der Waals surface area contributed by atoms with Gasteiger partial charge in [0.05, 0.1) is 6.10 Å². The Labute approximate surface area is 96.8 Å². The SMILES string of the molecule is C/C=C1\C(CC(C)=O)CC2OC(C)(C)OC12. The molecule has 0 bridgehead atoms. The van der Waals surface area contributed by atoms with E-state index in [2.05, 4.69) is 6.08 Å². The van der Waals surface area contributed by atoms with Crippen molar-refractivity contribution >= 4 is 5.78 Å². The van der Waals surface area contributed by atoms with Gasteiger partial charge in [-0.3, -0.25) is 0 Å². The summed E-state index contributed by atoms with van der Waals surface area (Å²) in [4.78, 5) is 11.2. The van der Waals surface area contributed by atoms with Gasteiger partial charge >= 0.3 is 0 Å². The van der Waals surface area contributed by atoms with E-state index in [1.165, 1.54) is 5.57 Å². The Morgan fingerprint density at radius 1 is 1.50 bits per heavy atom. The van der Waals surface area contributed by atoms with Gasteiger partial charge in [0.2, 0.25) is 0 Å². The Bertz CT molecular complexity index is 330. The molecule has 3 heteroatoms. The maximum atomic E-state index is 11.2. The average molecular weight is 224 g/mol. The normalized spacial score (nSPS) is 39.0. The van der Waals surface area contributed by atoms with Crippen LogP contribution in [0.5, 0.6) is 0 Å². The van der Waals surface area contributed by atoms with Crippen LogP contribution < -0.4 is 0 Å². The van der Waals surface area contributed by atoms with E-state index in [0.717, 1.165) is 6.42 Å². The van der Waals surface area contributed by atoms with Crippen LogP contribution in [0, 0.1) is 5.92 Å². The molecule has 1 saturated heterocycles. The molecule has 0 spiro atoms. The van der Waals surface area contributed by atoms with Crippen LogP contribution >= 0.6 is 0 Å². The number of Topliss-reactive ketones (excluding diaryl/α,β-unsaturated/α-hetero) is 1. The first-order valence-corrected chi connectivity index (χ1v) is 5.94. The molecule has 2 fully saturated rings. The van der Waals surface area contributed by atoms with Crippen LogP contribution in [0.25, 0.3) is 0 Å². The molecule has 0 aromatic heterocycles. The summed E-state index contributed by atoms with van der Waals surface area (Å²) < 4.78 is 11.7. The summed E-state index contributed by atoms with van der Waals surface area (Å²) in [6, 6.07) is 0. The first-order valence-electron chi connectivity index (χ1n) is 5.94. The fraction of sp³-hybridized carbons (Fsp3) is 0.769. The summed E-state index contributed by atoms with van der Waals surface area (Å²) in [6.45, 7) is 7.55. The molecule has 1 saturated carbocycles. The summed E-state index contributed by atoms with van der Waals surface area (Å²) in [5.74, 6) is 0.0716. The molecule has 0 aromatic rings. The number of ether oxygens (including phenoxy) is 2. The van der Waals surface area contributed by atoms with Crippen LogP contribution in [0.1, 0.15) is 40.5 Å². The number of rotatable bonds is 2. The summed E-state index contributed by atoms with van der Waals surface area (Å²) >= 11 is 0. The van der Waals surface area contributed by atoms with E-state index >= 15 is 0 Å². The molecule has 1 aliphatic heterocycles. The van der Waals surface area contributed by atoms with Crippen molar-refractivity contribution in [2.75, 3.05) is 0 Å². The first kappa shape index (κ1) is 11.8. The van der Waals surface area contributed by atoms with Crippen molar-refractivity contribution in [2.45, 2.75) is 58.5 Å². The summed E-state index contributed by atoms with van der Waals surface area (Å²) in [5.41, 5.74) is 1.24. The smallest absolute Gasteiger partial charge is 0.164 e. The van der Waals surface area contributed by atoms with Crippen LogP contribution in [0.2, 0.25) is 0 Å². The van der Waals surface area contributed by atoms with Gasteiger partial charge in [0, 0.05) is 6.42 Å². The first-order chi connectivity index (χ1) is 7.43. The van der Waals surface area contributed by atoms with Crippen molar-refractivity contribution < 1.29 is 14.3 Å². The van der Waals surface area contributed by atoms with Gasteiger partial charge < -0.3 is 14.3 Å². The largest absolute Gasteiger partial charge is 0.344 e. The molecular formula is C13H20O3. The quantitative estimate of drug-likeness (QED) is 0.676. The molecule has 3 atom stereocenters. The molecular weight excluding hydrogens is 204 g/mol. The molecule has 0 aromatic carbocycles. The molecule has 3 unspecified atom stereocenters. The zero-order chi connectivity index (χ0) is 11.9. The predicted molar refractivity (Wildman–Crippen MR) is 61.0 cm³/mol. The third-order valence-corrected chi connectivity index (χ3v) is 3.37. The second-order valence-corrected chi connectivity index (χ2v) is 5.22. The average Bonchev–Trinajstić information content (AvgIpc) is 2.54. The Morgan fingerprint density at radius 3 is 2.75 bits per heavy atom. The molecule has 16 heavy (non-hydrogen) atoms. The molecule has 0 radical (unpaired) electrons. The van der Waals surface area contributed by atoms with E-state index in [0.29, 0.717) is 12.3 Å². The third-order valence-electron chi connectivity index (χ3n) is 3.37. The highest BCUT2D eigenvalue weighted by atomic mass is 16.8. The number of carbonyl (C=O) groups excluding carboxylic acids is 1. The minimum absolute atomic E-state index is 0.0596. The van der Waals surface area contributed by atoms with Gasteiger partial charge in [-0.25, -0.2) is 0 Å². The molecule has 90 valence electrons. The van der Waals surface area contributed by atoms with Gasteiger partial charge in [0.25, 0.3) is 0 Å². The predicted octanol–water partition coefficient (Wildman–Crippen LogP) is 2.45. The van der Waals surface area contributed by atoms with Gasteiger partial charge in [-0.15, -0.1) is 0 Å². The van der Waals surface area contributed by atoms with Gasteiger partial charge in [0.15, 0.2) is 5.79 Å². The maximum absolute atomic E-state index is 11.2. The van der Waals surface area contributed by atoms with Crippen LogP contribution in [0.3, 0.4) is 0 Å². The second kappa shape index (κ2) is 3.97. The molecule has 3 nitrogen and oxygen atoms in total. The number of hydrogen-bond acceptors (Lipinski definition) is 3. The summed E-state index contributed by atoms with van der Waals surface area (Å²) in [6.07, 6.45) is 3.80. The van der Waals surface area contributed by atoms with Crippen LogP contribution in [-0.2, 0) is 14.3 Å². The van der Waals surface area contributed by atoms with Gasteiger partial charge in [-0.1, -0.05) is 6.08 Å². The lowest BCUT2D eigenvalue weighted by Gasteiger charge is -2.21. The van der Waals surface area contributed by atoms with Crippen LogP contribution in [-0.4, -0.2) is 23.8 Å². The molecule has 1 aliphatic carbocycles. The van der Waals surface area contributed by atoms with E-state index in [1.807, 2.05) is 20.8 Å². The number of fused-ring (bicyclic) bond motifs is 1. The molecule has 2 rings (SSSR count). The molecule has 2 aliphatic rings. The van der Waals surface area contributed by atoms with Gasteiger partial charge in [-0.05, 0) is 45.6 Å². The number of carbonyl (C=O) groups is 1. The highest BCUT2D eigenvalue weighted by molar-refractivity contribution is 5.76. The zero-order valence-corrected chi connectivity index (χ0v) is 10.4. The standard InChI is InChI=1S/C13H20O3/c1-5-10-9(6-8(2)14)7-11-12(10)16-13(3,4)15-11/h5,9,11-12H,6-7H2,1-4H3/b10-5+. The number of hydrogen-bond donors (Lipinski definition) is 0. The van der Waals surface area contributed by atoms with Crippen LogP contribution in [0.15, 0.2) is 11.6 Å². The fourth-order valence-electron chi connectivity index (χ4n) is 2.89. The van der Waals surface area contributed by atoms with Crippen molar-refractivity contribution in [3.8, 4) is 0 Å². The third kappa shape index (κ3) is 2.06. The van der Waals surface area contributed by atoms with E-state index in [9.17, 15) is 4.79 Å². The lowest BCUT2D eigenvalue weighted by Crippen LogP contribution is -2.24. The van der Waals surface area contributed by atoms with E-state index in [1.54, 1.807) is 6.92 Å². The minimum atomic E-state index is -0.481. The lowest BCUT2D eigenvalue weighted by molar-refractivity contribution is -0.149. The van der Waals surface area contributed by atoms with E-state index in [-0.39, 0.29) is 18.0 Å².